The highest BCUT2D eigenvalue weighted by atomic mass is 16.5. The van der Waals surface area contributed by atoms with Crippen LogP contribution in [0.3, 0.4) is 0 Å². The standard InChI is InChI=1S/C14H28N2O2/c1-3-15-13-7-9-17-11-14(13)16(4-2)10-12-6-5-8-18-12/h12-15H,3-11H2,1-2H3. The Morgan fingerprint density at radius 1 is 1.22 bits per heavy atom. The van der Waals surface area contributed by atoms with E-state index in [1.165, 1.54) is 12.8 Å². The summed E-state index contributed by atoms with van der Waals surface area (Å²) in [5.41, 5.74) is 0. The number of hydrogen-bond acceptors (Lipinski definition) is 4. The molecule has 3 unspecified atom stereocenters. The summed E-state index contributed by atoms with van der Waals surface area (Å²) in [7, 11) is 0. The summed E-state index contributed by atoms with van der Waals surface area (Å²) >= 11 is 0. The van der Waals surface area contributed by atoms with Gasteiger partial charge in [0.05, 0.1) is 12.7 Å². The van der Waals surface area contributed by atoms with E-state index in [4.69, 9.17) is 9.47 Å². The van der Waals surface area contributed by atoms with E-state index in [0.717, 1.165) is 45.9 Å². The zero-order valence-electron chi connectivity index (χ0n) is 11.9. The first-order valence-electron chi connectivity index (χ1n) is 7.52. The number of likely N-dealkylation sites (N-methyl/N-ethyl adjacent to an activating group) is 2. The van der Waals surface area contributed by atoms with Crippen LogP contribution in [0.2, 0.25) is 0 Å². The lowest BCUT2D eigenvalue weighted by Gasteiger charge is -2.40. The van der Waals surface area contributed by atoms with E-state index in [9.17, 15) is 0 Å². The molecule has 18 heavy (non-hydrogen) atoms. The first-order valence-corrected chi connectivity index (χ1v) is 7.52. The molecule has 0 radical (unpaired) electrons. The average Bonchev–Trinajstić information content (AvgIpc) is 2.90. The smallest absolute Gasteiger partial charge is 0.0702 e. The van der Waals surface area contributed by atoms with Crippen molar-refractivity contribution in [2.45, 2.75) is 51.3 Å². The van der Waals surface area contributed by atoms with Gasteiger partial charge in [-0.15, -0.1) is 0 Å². The minimum absolute atomic E-state index is 0.439. The zero-order chi connectivity index (χ0) is 12.8. The van der Waals surface area contributed by atoms with Crippen LogP contribution in [-0.2, 0) is 9.47 Å². The quantitative estimate of drug-likeness (QED) is 0.775. The molecule has 3 atom stereocenters. The van der Waals surface area contributed by atoms with Gasteiger partial charge >= 0.3 is 0 Å². The number of nitrogens with zero attached hydrogens (tertiary/aromatic N) is 1. The van der Waals surface area contributed by atoms with Gasteiger partial charge in [-0.3, -0.25) is 4.90 Å². The van der Waals surface area contributed by atoms with E-state index in [-0.39, 0.29) is 0 Å². The lowest BCUT2D eigenvalue weighted by Crippen LogP contribution is -2.56. The maximum atomic E-state index is 5.77. The summed E-state index contributed by atoms with van der Waals surface area (Å²) in [5, 5.41) is 3.61. The molecule has 0 spiro atoms. The van der Waals surface area contributed by atoms with Crippen LogP contribution >= 0.6 is 0 Å². The van der Waals surface area contributed by atoms with Gasteiger partial charge in [0.15, 0.2) is 0 Å². The number of ether oxygens (including phenoxy) is 2. The minimum atomic E-state index is 0.439. The molecule has 0 aliphatic carbocycles. The molecule has 0 amide bonds. The average molecular weight is 256 g/mol. The van der Waals surface area contributed by atoms with Crippen molar-refractivity contribution in [1.82, 2.24) is 10.2 Å². The van der Waals surface area contributed by atoms with Crippen molar-refractivity contribution in [1.29, 1.82) is 0 Å². The molecule has 2 saturated heterocycles. The van der Waals surface area contributed by atoms with Gasteiger partial charge in [-0.2, -0.15) is 0 Å². The van der Waals surface area contributed by atoms with Gasteiger partial charge in [-0.05, 0) is 32.4 Å². The van der Waals surface area contributed by atoms with E-state index in [2.05, 4.69) is 24.1 Å². The van der Waals surface area contributed by atoms with Crippen LogP contribution in [0.25, 0.3) is 0 Å². The SMILES string of the molecule is CCNC1CCOCC1N(CC)CC1CCCO1. The predicted molar refractivity (Wildman–Crippen MR) is 72.9 cm³/mol. The summed E-state index contributed by atoms with van der Waals surface area (Å²) < 4.78 is 11.5. The fourth-order valence-corrected chi connectivity index (χ4v) is 3.13. The molecule has 2 aliphatic heterocycles. The minimum Gasteiger partial charge on any atom is -0.380 e. The monoisotopic (exact) mass is 256 g/mol. The highest BCUT2D eigenvalue weighted by molar-refractivity contribution is 4.88. The van der Waals surface area contributed by atoms with Crippen molar-refractivity contribution in [2.24, 2.45) is 0 Å². The molecular formula is C14H28N2O2. The van der Waals surface area contributed by atoms with Crippen molar-refractivity contribution in [3.63, 3.8) is 0 Å². The lowest BCUT2D eigenvalue weighted by molar-refractivity contribution is -0.0201. The molecule has 4 heteroatoms. The summed E-state index contributed by atoms with van der Waals surface area (Å²) in [5.74, 6) is 0. The van der Waals surface area contributed by atoms with Gasteiger partial charge in [0.25, 0.3) is 0 Å². The molecule has 2 rings (SSSR count). The molecular weight excluding hydrogens is 228 g/mol. The van der Waals surface area contributed by atoms with Gasteiger partial charge in [0.2, 0.25) is 0 Å². The van der Waals surface area contributed by atoms with Gasteiger partial charge < -0.3 is 14.8 Å². The maximum Gasteiger partial charge on any atom is 0.0702 e. The van der Waals surface area contributed by atoms with Crippen molar-refractivity contribution < 1.29 is 9.47 Å². The van der Waals surface area contributed by atoms with E-state index < -0.39 is 0 Å². The van der Waals surface area contributed by atoms with Gasteiger partial charge in [-0.25, -0.2) is 0 Å². The first kappa shape index (κ1) is 14.3. The second kappa shape index (κ2) is 7.43. The Hall–Kier alpha value is -0.160. The molecule has 1 N–H and O–H groups in total. The van der Waals surface area contributed by atoms with E-state index >= 15 is 0 Å². The highest BCUT2D eigenvalue weighted by Gasteiger charge is 2.31. The van der Waals surface area contributed by atoms with Crippen LogP contribution in [0.5, 0.6) is 0 Å². The molecule has 2 aliphatic rings. The Labute approximate surface area is 111 Å². The third kappa shape index (κ3) is 3.67. The molecule has 0 saturated carbocycles. The Balaban J connectivity index is 1.90. The summed E-state index contributed by atoms with van der Waals surface area (Å²) in [6.07, 6.45) is 4.01. The molecule has 2 fully saturated rings. The van der Waals surface area contributed by atoms with Crippen molar-refractivity contribution in [3.05, 3.63) is 0 Å². The molecule has 4 nitrogen and oxygen atoms in total. The van der Waals surface area contributed by atoms with Crippen LogP contribution in [0.4, 0.5) is 0 Å². The van der Waals surface area contributed by atoms with Crippen molar-refractivity contribution in [2.75, 3.05) is 39.5 Å². The Kier molecular flexibility index (Phi) is 5.89. The Morgan fingerprint density at radius 3 is 2.78 bits per heavy atom. The number of rotatable bonds is 6. The van der Waals surface area contributed by atoms with Crippen LogP contribution < -0.4 is 5.32 Å². The normalized spacial score (nSPS) is 33.2. The van der Waals surface area contributed by atoms with E-state index in [0.29, 0.717) is 18.2 Å². The van der Waals surface area contributed by atoms with E-state index in [1.807, 2.05) is 0 Å². The van der Waals surface area contributed by atoms with Crippen LogP contribution in [0.15, 0.2) is 0 Å². The first-order chi connectivity index (χ1) is 8.85. The molecule has 0 aromatic carbocycles. The van der Waals surface area contributed by atoms with Gasteiger partial charge in [0, 0.05) is 31.8 Å². The van der Waals surface area contributed by atoms with E-state index in [1.54, 1.807) is 0 Å². The Bertz CT molecular complexity index is 230. The number of hydrogen-bond donors (Lipinski definition) is 1. The van der Waals surface area contributed by atoms with Crippen LogP contribution in [-0.4, -0.2) is 62.5 Å². The molecule has 2 heterocycles. The third-order valence-corrected chi connectivity index (χ3v) is 4.13. The zero-order valence-corrected chi connectivity index (χ0v) is 11.9. The Morgan fingerprint density at radius 2 is 2.11 bits per heavy atom. The summed E-state index contributed by atoms with van der Waals surface area (Å²) in [6.45, 7) is 10.3. The van der Waals surface area contributed by atoms with Crippen LogP contribution in [0, 0.1) is 0 Å². The van der Waals surface area contributed by atoms with Gasteiger partial charge in [-0.1, -0.05) is 13.8 Å². The molecule has 0 aromatic heterocycles. The topological polar surface area (TPSA) is 33.7 Å². The summed E-state index contributed by atoms with van der Waals surface area (Å²) in [4.78, 5) is 2.54. The third-order valence-electron chi connectivity index (χ3n) is 4.13. The molecule has 0 aromatic rings. The second-order valence-electron chi connectivity index (χ2n) is 5.32. The van der Waals surface area contributed by atoms with Crippen LogP contribution in [0.1, 0.15) is 33.1 Å². The lowest BCUT2D eigenvalue weighted by atomic mass is 10.0. The fraction of sp³-hybridized carbons (Fsp3) is 1.00. The van der Waals surface area contributed by atoms with Crippen molar-refractivity contribution in [3.8, 4) is 0 Å². The number of nitrogens with one attached hydrogen (secondary N) is 1. The van der Waals surface area contributed by atoms with Gasteiger partial charge in [0.1, 0.15) is 0 Å². The second-order valence-corrected chi connectivity index (χ2v) is 5.32. The molecule has 106 valence electrons. The highest BCUT2D eigenvalue weighted by Crippen LogP contribution is 2.19. The largest absolute Gasteiger partial charge is 0.380 e. The fourth-order valence-electron chi connectivity index (χ4n) is 3.13. The molecule has 0 bridgehead atoms. The summed E-state index contributed by atoms with van der Waals surface area (Å²) in [6, 6.07) is 1.08. The maximum absolute atomic E-state index is 5.77. The predicted octanol–water partition coefficient (Wildman–Crippen LogP) is 1.25. The van der Waals surface area contributed by atoms with Crippen molar-refractivity contribution >= 4 is 0 Å².